The van der Waals surface area contributed by atoms with Crippen molar-refractivity contribution in [3.63, 3.8) is 0 Å². The predicted octanol–water partition coefficient (Wildman–Crippen LogP) is 3.56. The summed E-state index contributed by atoms with van der Waals surface area (Å²) in [5.74, 6) is -0.934. The van der Waals surface area contributed by atoms with Gasteiger partial charge in [-0.2, -0.15) is 0 Å². The highest BCUT2D eigenvalue weighted by Crippen LogP contribution is 2.29. The number of esters is 1. The monoisotopic (exact) mass is 372 g/mol. The topological polar surface area (TPSA) is 73.6 Å². The second kappa shape index (κ2) is 5.85. The minimum absolute atomic E-state index is 0.0364. The molecule has 0 aliphatic heterocycles. The molecule has 0 saturated heterocycles. The molecule has 1 heterocycles. The number of furan rings is 1. The molecule has 0 fully saturated rings. The van der Waals surface area contributed by atoms with Gasteiger partial charge in [-0.25, -0.2) is 13.2 Å². The van der Waals surface area contributed by atoms with Crippen LogP contribution in [0, 0.1) is 5.41 Å². The average molecular weight is 374 g/mol. The third kappa shape index (κ3) is 5.16. The van der Waals surface area contributed by atoms with E-state index in [0.717, 1.165) is 6.07 Å². The highest BCUT2D eigenvalue weighted by Gasteiger charge is 2.24. The number of rotatable bonds is 4. The molecule has 108 valence electrons. The molecule has 0 N–H and O–H groups in total. The molecular weight excluding hydrogens is 360 g/mol. The van der Waals surface area contributed by atoms with Crippen molar-refractivity contribution in [1.82, 2.24) is 0 Å². The van der Waals surface area contributed by atoms with Crippen LogP contribution < -0.4 is 0 Å². The van der Waals surface area contributed by atoms with Crippen molar-refractivity contribution in [3.05, 3.63) is 16.5 Å². The van der Waals surface area contributed by atoms with Crippen LogP contribution in [0.15, 0.2) is 20.0 Å². The maximum Gasteiger partial charge on any atom is 0.374 e. The van der Waals surface area contributed by atoms with Gasteiger partial charge in [0.15, 0.2) is 4.67 Å². The number of ether oxygens (including phenoxy) is 1. The first-order valence-electron chi connectivity index (χ1n) is 5.42. The van der Waals surface area contributed by atoms with E-state index < -0.39 is 15.0 Å². The van der Waals surface area contributed by atoms with Crippen molar-refractivity contribution in [1.29, 1.82) is 0 Å². The molecule has 0 aliphatic rings. The van der Waals surface area contributed by atoms with Gasteiger partial charge in [0.05, 0.1) is 6.61 Å². The fourth-order valence-electron chi connectivity index (χ4n) is 1.14. The van der Waals surface area contributed by atoms with Crippen LogP contribution in [0.1, 0.15) is 37.7 Å². The molecular formula is C11H14BrClO5S. The summed E-state index contributed by atoms with van der Waals surface area (Å²) < 4.78 is 32.2. The summed E-state index contributed by atoms with van der Waals surface area (Å²) >= 11 is 2.88. The van der Waals surface area contributed by atoms with Gasteiger partial charge in [-0.05, 0) is 27.8 Å². The maximum atomic E-state index is 11.6. The summed E-state index contributed by atoms with van der Waals surface area (Å²) in [5.41, 5.74) is 0.0364. The molecule has 0 bridgehead atoms. The number of hydrogen-bond donors (Lipinski definition) is 0. The molecule has 0 unspecified atom stereocenters. The van der Waals surface area contributed by atoms with E-state index in [1.807, 2.05) is 20.8 Å². The molecule has 0 spiro atoms. The summed E-state index contributed by atoms with van der Waals surface area (Å²) in [5, 5.41) is 0. The highest BCUT2D eigenvalue weighted by molar-refractivity contribution is 9.10. The molecule has 5 nitrogen and oxygen atoms in total. The van der Waals surface area contributed by atoms with Gasteiger partial charge in [-0.1, -0.05) is 20.8 Å². The van der Waals surface area contributed by atoms with Crippen molar-refractivity contribution >= 4 is 41.6 Å². The summed E-state index contributed by atoms with van der Waals surface area (Å²) in [6.45, 7) is 6.27. The van der Waals surface area contributed by atoms with E-state index >= 15 is 0 Å². The van der Waals surface area contributed by atoms with Crippen molar-refractivity contribution in [3.8, 4) is 0 Å². The fraction of sp³-hybridized carbons (Fsp3) is 0.545. The highest BCUT2D eigenvalue weighted by atomic mass is 79.9. The first kappa shape index (κ1) is 16.5. The first-order valence-corrected chi connectivity index (χ1v) is 8.52. The van der Waals surface area contributed by atoms with Gasteiger partial charge in [0.2, 0.25) is 5.76 Å². The summed E-state index contributed by atoms with van der Waals surface area (Å²) in [6, 6.07) is 1.03. The standard InChI is InChI=1S/C11H14BrClO5S/c1-11(2,3)4-5-17-10(14)7-6-8(9(12)18-7)19(13,15)16/h6H,4-5H2,1-3H3. The zero-order chi connectivity index (χ0) is 14.8. The Morgan fingerprint density at radius 1 is 1.47 bits per heavy atom. The largest absolute Gasteiger partial charge is 0.460 e. The van der Waals surface area contributed by atoms with E-state index in [2.05, 4.69) is 15.9 Å². The van der Waals surface area contributed by atoms with Crippen LogP contribution in [0.25, 0.3) is 0 Å². The molecule has 0 atom stereocenters. The molecule has 0 saturated carbocycles. The molecule has 8 heteroatoms. The van der Waals surface area contributed by atoms with E-state index in [9.17, 15) is 13.2 Å². The van der Waals surface area contributed by atoms with Crippen LogP contribution in [-0.4, -0.2) is 21.0 Å². The lowest BCUT2D eigenvalue weighted by molar-refractivity contribution is 0.0427. The Labute approximate surface area is 124 Å². The zero-order valence-corrected chi connectivity index (χ0v) is 13.9. The smallest absolute Gasteiger partial charge is 0.374 e. The molecule has 1 aromatic rings. The quantitative estimate of drug-likeness (QED) is 0.596. The lowest BCUT2D eigenvalue weighted by Gasteiger charge is -2.17. The van der Waals surface area contributed by atoms with Gasteiger partial charge in [-0.15, -0.1) is 0 Å². The predicted molar refractivity (Wildman–Crippen MR) is 73.8 cm³/mol. The van der Waals surface area contributed by atoms with Crippen LogP contribution in [0.5, 0.6) is 0 Å². The van der Waals surface area contributed by atoms with Gasteiger partial charge >= 0.3 is 5.97 Å². The van der Waals surface area contributed by atoms with Gasteiger partial charge in [0.1, 0.15) is 4.90 Å². The van der Waals surface area contributed by atoms with Gasteiger partial charge in [0, 0.05) is 16.7 Å². The van der Waals surface area contributed by atoms with Crippen molar-refractivity contribution in [2.45, 2.75) is 32.1 Å². The number of hydrogen-bond acceptors (Lipinski definition) is 5. The van der Waals surface area contributed by atoms with Crippen LogP contribution in [-0.2, 0) is 13.8 Å². The Morgan fingerprint density at radius 3 is 2.47 bits per heavy atom. The van der Waals surface area contributed by atoms with E-state index in [0.29, 0.717) is 6.42 Å². The van der Waals surface area contributed by atoms with Crippen molar-refractivity contribution in [2.75, 3.05) is 6.61 Å². The molecule has 0 aromatic carbocycles. The van der Waals surface area contributed by atoms with E-state index in [4.69, 9.17) is 19.8 Å². The van der Waals surface area contributed by atoms with Gasteiger partial charge in [0.25, 0.3) is 9.05 Å². The number of carbonyl (C=O) groups is 1. The Kier molecular flexibility index (Phi) is 5.08. The Morgan fingerprint density at radius 2 is 2.05 bits per heavy atom. The lowest BCUT2D eigenvalue weighted by atomic mass is 9.93. The Balaban J connectivity index is 2.74. The first-order chi connectivity index (χ1) is 8.50. The summed E-state index contributed by atoms with van der Waals surface area (Å²) in [6.07, 6.45) is 0.682. The number of carbonyl (C=O) groups excluding carboxylic acids is 1. The molecule has 0 amide bonds. The minimum atomic E-state index is -3.97. The summed E-state index contributed by atoms with van der Waals surface area (Å²) in [7, 11) is 1.21. The van der Waals surface area contributed by atoms with Crippen LogP contribution in [0.4, 0.5) is 0 Å². The third-order valence-electron chi connectivity index (χ3n) is 2.20. The SMILES string of the molecule is CC(C)(C)CCOC(=O)c1cc(S(=O)(=O)Cl)c(Br)o1. The summed E-state index contributed by atoms with van der Waals surface area (Å²) in [4.78, 5) is 11.4. The van der Waals surface area contributed by atoms with Crippen molar-refractivity contribution in [2.24, 2.45) is 5.41 Å². The third-order valence-corrected chi connectivity index (χ3v) is 4.38. The van der Waals surface area contributed by atoms with Crippen LogP contribution in [0.2, 0.25) is 0 Å². The molecule has 1 rings (SSSR count). The zero-order valence-electron chi connectivity index (χ0n) is 10.7. The Bertz CT molecular complexity index is 570. The molecule has 0 aliphatic carbocycles. The van der Waals surface area contributed by atoms with E-state index in [1.165, 1.54) is 0 Å². The Hall–Kier alpha value is -0.530. The second-order valence-electron chi connectivity index (χ2n) is 5.13. The average Bonchev–Trinajstić information content (AvgIpc) is 2.57. The van der Waals surface area contributed by atoms with Gasteiger partial charge in [-0.3, -0.25) is 0 Å². The molecule has 0 radical (unpaired) electrons. The second-order valence-corrected chi connectivity index (χ2v) is 8.39. The van der Waals surface area contributed by atoms with Crippen molar-refractivity contribution < 1.29 is 22.4 Å². The van der Waals surface area contributed by atoms with E-state index in [-0.39, 0.29) is 27.3 Å². The number of halogens is 2. The van der Waals surface area contributed by atoms with E-state index in [1.54, 1.807) is 0 Å². The van der Waals surface area contributed by atoms with Gasteiger partial charge < -0.3 is 9.15 Å². The molecule has 19 heavy (non-hydrogen) atoms. The maximum absolute atomic E-state index is 11.6. The fourth-order valence-corrected chi connectivity index (χ4v) is 3.17. The van der Waals surface area contributed by atoms with Crippen LogP contribution in [0.3, 0.4) is 0 Å². The minimum Gasteiger partial charge on any atom is -0.460 e. The van der Waals surface area contributed by atoms with Crippen LogP contribution >= 0.6 is 26.6 Å². The molecule has 1 aromatic heterocycles. The lowest BCUT2D eigenvalue weighted by Crippen LogP contribution is -2.12. The normalized spacial score (nSPS) is 12.5.